The van der Waals surface area contributed by atoms with Crippen LogP contribution in [0.2, 0.25) is 0 Å². The van der Waals surface area contributed by atoms with Gasteiger partial charge in [-0.3, -0.25) is 4.79 Å². The first-order valence-electron chi connectivity index (χ1n) is 5.44. The van der Waals surface area contributed by atoms with E-state index >= 15 is 0 Å². The van der Waals surface area contributed by atoms with Crippen molar-refractivity contribution in [3.63, 3.8) is 0 Å². The van der Waals surface area contributed by atoms with Crippen molar-refractivity contribution in [1.29, 1.82) is 0 Å². The maximum absolute atomic E-state index is 11.8. The quantitative estimate of drug-likeness (QED) is 0.600. The Morgan fingerprint density at radius 2 is 2.18 bits per heavy atom. The van der Waals surface area contributed by atoms with Crippen LogP contribution in [0.5, 0.6) is 5.75 Å². The van der Waals surface area contributed by atoms with Crippen molar-refractivity contribution in [2.24, 2.45) is 5.73 Å². The van der Waals surface area contributed by atoms with Gasteiger partial charge in [0.1, 0.15) is 5.75 Å². The van der Waals surface area contributed by atoms with Gasteiger partial charge in [0.25, 0.3) is 5.91 Å². The van der Waals surface area contributed by atoms with Gasteiger partial charge < -0.3 is 21.3 Å². The zero-order chi connectivity index (χ0) is 13.0. The van der Waals surface area contributed by atoms with Crippen LogP contribution in [0.1, 0.15) is 22.8 Å². The fourth-order valence-electron chi connectivity index (χ4n) is 1.35. The average Bonchev–Trinajstić information content (AvgIpc) is 2.29. The van der Waals surface area contributed by atoms with E-state index in [2.05, 4.69) is 5.32 Å². The highest BCUT2D eigenvalue weighted by Crippen LogP contribution is 2.19. The van der Waals surface area contributed by atoms with Crippen molar-refractivity contribution in [3.05, 3.63) is 29.3 Å². The minimum absolute atomic E-state index is 0.0810. The maximum atomic E-state index is 11.8. The second kappa shape index (κ2) is 5.65. The van der Waals surface area contributed by atoms with Crippen molar-refractivity contribution in [2.45, 2.75) is 26.0 Å². The number of rotatable bonds is 4. The highest BCUT2D eigenvalue weighted by molar-refractivity contribution is 5.96. The summed E-state index contributed by atoms with van der Waals surface area (Å²) in [5, 5.41) is 21.3. The van der Waals surface area contributed by atoms with E-state index in [1.165, 1.54) is 6.07 Å². The Hall–Kier alpha value is -1.59. The molecule has 0 spiro atoms. The van der Waals surface area contributed by atoms with Crippen molar-refractivity contribution < 1.29 is 15.0 Å². The molecule has 0 heterocycles. The van der Waals surface area contributed by atoms with Crippen LogP contribution >= 0.6 is 0 Å². The molecular weight excluding hydrogens is 220 g/mol. The topological polar surface area (TPSA) is 95.6 Å². The number of hydrogen-bond acceptors (Lipinski definition) is 4. The van der Waals surface area contributed by atoms with Gasteiger partial charge in [0, 0.05) is 23.7 Å². The average molecular weight is 238 g/mol. The summed E-state index contributed by atoms with van der Waals surface area (Å²) >= 11 is 0. The van der Waals surface area contributed by atoms with E-state index in [9.17, 15) is 15.0 Å². The van der Waals surface area contributed by atoms with Crippen molar-refractivity contribution in [3.8, 4) is 5.75 Å². The maximum Gasteiger partial charge on any atom is 0.251 e. The molecule has 1 aromatic carbocycles. The summed E-state index contributed by atoms with van der Waals surface area (Å²) in [6, 6.07) is 4.24. The molecule has 2 unspecified atom stereocenters. The highest BCUT2D eigenvalue weighted by atomic mass is 16.3. The molecule has 17 heavy (non-hydrogen) atoms. The van der Waals surface area contributed by atoms with Gasteiger partial charge >= 0.3 is 0 Å². The zero-order valence-electron chi connectivity index (χ0n) is 9.97. The normalized spacial score (nSPS) is 14.1. The molecule has 1 aromatic rings. The SMILES string of the molecule is Cc1c(O)cccc1C(=O)NCC(N)C(C)O. The predicted molar refractivity (Wildman–Crippen MR) is 64.8 cm³/mol. The molecule has 94 valence electrons. The number of nitrogens with two attached hydrogens (primary N) is 1. The van der Waals surface area contributed by atoms with Crippen LogP contribution in [0.4, 0.5) is 0 Å². The third kappa shape index (κ3) is 3.44. The third-order valence-corrected chi connectivity index (χ3v) is 2.67. The number of benzene rings is 1. The Labute approximate surface area is 100 Å². The number of carbonyl (C=O) groups is 1. The Morgan fingerprint density at radius 3 is 2.76 bits per heavy atom. The van der Waals surface area contributed by atoms with E-state index in [1.807, 2.05) is 0 Å². The largest absolute Gasteiger partial charge is 0.508 e. The Bertz CT molecular complexity index is 405. The highest BCUT2D eigenvalue weighted by Gasteiger charge is 2.14. The molecule has 5 heteroatoms. The smallest absolute Gasteiger partial charge is 0.251 e. The minimum Gasteiger partial charge on any atom is -0.508 e. The summed E-state index contributed by atoms with van der Waals surface area (Å²) in [4.78, 5) is 11.8. The summed E-state index contributed by atoms with van der Waals surface area (Å²) in [6.07, 6.45) is -0.680. The lowest BCUT2D eigenvalue weighted by atomic mass is 10.1. The van der Waals surface area contributed by atoms with Crippen LogP contribution in [-0.4, -0.2) is 34.8 Å². The van der Waals surface area contributed by atoms with E-state index in [1.54, 1.807) is 26.0 Å². The molecule has 0 saturated heterocycles. The second-order valence-electron chi connectivity index (χ2n) is 4.06. The molecule has 0 aliphatic heterocycles. The number of aromatic hydroxyl groups is 1. The van der Waals surface area contributed by atoms with Gasteiger partial charge in [-0.25, -0.2) is 0 Å². The second-order valence-corrected chi connectivity index (χ2v) is 4.06. The van der Waals surface area contributed by atoms with Gasteiger partial charge in [-0.05, 0) is 26.0 Å². The van der Waals surface area contributed by atoms with Crippen LogP contribution in [0.15, 0.2) is 18.2 Å². The summed E-state index contributed by atoms with van der Waals surface area (Å²) in [5.41, 5.74) is 6.53. The van der Waals surface area contributed by atoms with Crippen molar-refractivity contribution >= 4 is 5.91 Å². The number of phenolic OH excluding ortho intramolecular Hbond substituents is 1. The molecule has 0 aliphatic rings. The molecule has 2 atom stereocenters. The molecule has 5 nitrogen and oxygen atoms in total. The van der Waals surface area contributed by atoms with Gasteiger partial charge in [-0.2, -0.15) is 0 Å². The lowest BCUT2D eigenvalue weighted by Gasteiger charge is -2.16. The van der Waals surface area contributed by atoms with Crippen molar-refractivity contribution in [1.82, 2.24) is 5.32 Å². The van der Waals surface area contributed by atoms with Gasteiger partial charge in [0.05, 0.1) is 6.10 Å². The molecule has 0 aromatic heterocycles. The van der Waals surface area contributed by atoms with Crippen LogP contribution in [-0.2, 0) is 0 Å². The van der Waals surface area contributed by atoms with E-state index in [-0.39, 0.29) is 18.2 Å². The fraction of sp³-hybridized carbons (Fsp3) is 0.417. The Balaban J connectivity index is 2.68. The Kier molecular flexibility index (Phi) is 4.48. The molecular formula is C12H18N2O3. The lowest BCUT2D eigenvalue weighted by molar-refractivity contribution is 0.0936. The monoisotopic (exact) mass is 238 g/mol. The van der Waals surface area contributed by atoms with Crippen LogP contribution in [0, 0.1) is 6.92 Å². The first-order chi connectivity index (χ1) is 7.93. The number of hydrogen-bond donors (Lipinski definition) is 4. The predicted octanol–water partition coefficient (Wildman–Crippen LogP) is 0.139. The number of carbonyl (C=O) groups excluding carboxylic acids is 1. The molecule has 1 rings (SSSR count). The standard InChI is InChI=1S/C12H18N2O3/c1-7-9(4-3-5-11(7)16)12(17)14-6-10(13)8(2)15/h3-5,8,10,15-16H,6,13H2,1-2H3,(H,14,17). The van der Waals surface area contributed by atoms with E-state index in [0.717, 1.165) is 0 Å². The molecule has 0 radical (unpaired) electrons. The first-order valence-corrected chi connectivity index (χ1v) is 5.44. The van der Waals surface area contributed by atoms with E-state index in [0.29, 0.717) is 11.1 Å². The number of phenols is 1. The van der Waals surface area contributed by atoms with Gasteiger partial charge in [-0.15, -0.1) is 0 Å². The number of aliphatic hydroxyl groups excluding tert-OH is 1. The molecule has 0 saturated carbocycles. The minimum atomic E-state index is -0.680. The number of nitrogens with one attached hydrogen (secondary N) is 1. The van der Waals surface area contributed by atoms with Gasteiger partial charge in [-0.1, -0.05) is 6.07 Å². The van der Waals surface area contributed by atoms with Gasteiger partial charge in [0.15, 0.2) is 0 Å². The van der Waals surface area contributed by atoms with Crippen LogP contribution in [0.3, 0.4) is 0 Å². The summed E-state index contributed by atoms with van der Waals surface area (Å²) in [7, 11) is 0. The van der Waals surface area contributed by atoms with Gasteiger partial charge in [0.2, 0.25) is 0 Å². The third-order valence-electron chi connectivity index (χ3n) is 2.67. The Morgan fingerprint density at radius 1 is 1.53 bits per heavy atom. The molecule has 5 N–H and O–H groups in total. The summed E-state index contributed by atoms with van der Waals surface area (Å²) < 4.78 is 0. The fourth-order valence-corrected chi connectivity index (χ4v) is 1.35. The summed E-state index contributed by atoms with van der Waals surface area (Å²) in [5.74, 6) is -0.230. The van der Waals surface area contributed by atoms with E-state index in [4.69, 9.17) is 5.73 Å². The van der Waals surface area contributed by atoms with Crippen LogP contribution < -0.4 is 11.1 Å². The van der Waals surface area contributed by atoms with Crippen molar-refractivity contribution in [2.75, 3.05) is 6.54 Å². The van der Waals surface area contributed by atoms with Crippen LogP contribution in [0.25, 0.3) is 0 Å². The molecule has 0 bridgehead atoms. The molecule has 1 amide bonds. The zero-order valence-corrected chi connectivity index (χ0v) is 9.97. The summed E-state index contributed by atoms with van der Waals surface area (Å²) in [6.45, 7) is 3.42. The number of aliphatic hydroxyl groups is 1. The van der Waals surface area contributed by atoms with E-state index < -0.39 is 12.1 Å². The molecule has 0 aliphatic carbocycles. The number of amides is 1. The molecule has 0 fully saturated rings. The lowest BCUT2D eigenvalue weighted by Crippen LogP contribution is -2.43. The first kappa shape index (κ1) is 13.5.